The van der Waals surface area contributed by atoms with Crippen molar-refractivity contribution in [1.29, 1.82) is 0 Å². The number of nitrogens with zero attached hydrogens (tertiary/aromatic N) is 1. The number of likely N-dealkylation sites (N-methyl/N-ethyl adjacent to an activating group) is 1. The Morgan fingerprint density at radius 2 is 2.07 bits per heavy atom. The van der Waals surface area contributed by atoms with E-state index in [2.05, 4.69) is 25.1 Å². The number of hydrogen-bond acceptors (Lipinski definition) is 1. The summed E-state index contributed by atoms with van der Waals surface area (Å²) in [7, 11) is 1.88. The quantitative estimate of drug-likeness (QED) is 0.585. The predicted octanol–water partition coefficient (Wildman–Crippen LogP) is 2.03. The number of rotatable bonds is 0. The normalized spacial score (nSPS) is 32.0. The van der Waals surface area contributed by atoms with Gasteiger partial charge in [0.2, 0.25) is 5.91 Å². The molecule has 1 aromatic rings. The van der Waals surface area contributed by atoms with E-state index in [4.69, 9.17) is 0 Å². The molecule has 1 amide bonds. The molecule has 0 spiro atoms. The Bertz CT molecular complexity index is 477. The van der Waals surface area contributed by atoms with Gasteiger partial charge in [0, 0.05) is 7.05 Å². The van der Waals surface area contributed by atoms with Crippen LogP contribution in [0.5, 0.6) is 0 Å². The van der Waals surface area contributed by atoms with Gasteiger partial charge in [-0.25, -0.2) is 0 Å². The Labute approximate surface area is 89.2 Å². The monoisotopic (exact) mass is 199 g/mol. The predicted molar refractivity (Wildman–Crippen MR) is 58.4 cm³/mol. The van der Waals surface area contributed by atoms with Crippen molar-refractivity contribution in [2.75, 3.05) is 7.05 Å². The molecule has 0 aromatic heterocycles. The van der Waals surface area contributed by atoms with Crippen molar-refractivity contribution in [2.45, 2.75) is 18.4 Å². The molecule has 76 valence electrons. The summed E-state index contributed by atoms with van der Waals surface area (Å²) in [6.07, 6.45) is 4.17. The van der Waals surface area contributed by atoms with E-state index in [9.17, 15) is 4.79 Å². The fraction of sp³-hybridized carbons (Fsp3) is 0.308. The van der Waals surface area contributed by atoms with Crippen molar-refractivity contribution in [3.8, 4) is 0 Å². The third-order valence-corrected chi connectivity index (χ3v) is 3.75. The molecular weight excluding hydrogens is 186 g/mol. The second-order valence-corrected chi connectivity index (χ2v) is 4.47. The highest BCUT2D eigenvalue weighted by Crippen LogP contribution is 2.45. The van der Waals surface area contributed by atoms with Gasteiger partial charge in [0.25, 0.3) is 0 Å². The molecular formula is C13H13NO. The van der Waals surface area contributed by atoms with Crippen LogP contribution in [0.2, 0.25) is 0 Å². The molecule has 1 aliphatic carbocycles. The van der Waals surface area contributed by atoms with Crippen LogP contribution in [0.25, 0.3) is 0 Å². The van der Waals surface area contributed by atoms with Gasteiger partial charge >= 0.3 is 0 Å². The molecule has 4 rings (SSSR count). The molecule has 2 nitrogen and oxygen atoms in total. The minimum atomic E-state index is -0.248. The number of hydrogen-bond donors (Lipinski definition) is 0. The van der Waals surface area contributed by atoms with E-state index in [0.717, 1.165) is 0 Å². The van der Waals surface area contributed by atoms with Gasteiger partial charge in [0.1, 0.15) is 0 Å². The molecule has 1 aromatic carbocycles. The summed E-state index contributed by atoms with van der Waals surface area (Å²) in [5.41, 5.74) is 2.19. The topological polar surface area (TPSA) is 20.3 Å². The maximum absolute atomic E-state index is 12.0. The second-order valence-electron chi connectivity index (χ2n) is 4.47. The van der Waals surface area contributed by atoms with Gasteiger partial charge in [-0.2, -0.15) is 0 Å². The number of carbonyl (C=O) groups is 1. The third kappa shape index (κ3) is 0.870. The molecule has 0 N–H and O–H groups in total. The van der Waals surface area contributed by atoms with Crippen molar-refractivity contribution in [2.24, 2.45) is 0 Å². The Morgan fingerprint density at radius 3 is 2.87 bits per heavy atom. The maximum atomic E-state index is 12.0. The Hall–Kier alpha value is -1.57. The lowest BCUT2D eigenvalue weighted by molar-refractivity contribution is -0.136. The molecule has 0 radical (unpaired) electrons. The molecule has 2 aliphatic heterocycles. The van der Waals surface area contributed by atoms with Crippen molar-refractivity contribution in [3.05, 3.63) is 47.5 Å². The van der Waals surface area contributed by atoms with Crippen LogP contribution in [0.3, 0.4) is 0 Å². The van der Waals surface area contributed by atoms with Crippen molar-refractivity contribution in [3.63, 3.8) is 0 Å². The van der Waals surface area contributed by atoms with Crippen molar-refractivity contribution < 1.29 is 4.79 Å². The van der Waals surface area contributed by atoms with Gasteiger partial charge < -0.3 is 4.90 Å². The minimum Gasteiger partial charge on any atom is -0.332 e. The molecule has 1 unspecified atom stereocenters. The van der Waals surface area contributed by atoms with E-state index in [1.807, 2.05) is 30.2 Å². The third-order valence-electron chi connectivity index (χ3n) is 3.75. The van der Waals surface area contributed by atoms with Gasteiger partial charge in [-0.05, 0) is 18.1 Å². The molecule has 2 bridgehead atoms. The molecule has 3 aliphatic rings. The summed E-state index contributed by atoms with van der Waals surface area (Å²) < 4.78 is 0. The van der Waals surface area contributed by atoms with Crippen LogP contribution < -0.4 is 0 Å². The summed E-state index contributed by atoms with van der Waals surface area (Å²) in [6.45, 7) is 2.09. The SMILES string of the molecule is CN1C(=O)[C@@H]2C=CC1(C)c1ccccc12. The van der Waals surface area contributed by atoms with E-state index in [1.165, 1.54) is 11.1 Å². The first-order valence-corrected chi connectivity index (χ1v) is 5.21. The highest BCUT2D eigenvalue weighted by molar-refractivity contribution is 5.91. The second kappa shape index (κ2) is 2.51. The number of carbonyl (C=O) groups excluding carboxylic acids is 1. The van der Waals surface area contributed by atoms with Crippen LogP contribution >= 0.6 is 0 Å². The lowest BCUT2D eigenvalue weighted by atomic mass is 9.72. The summed E-state index contributed by atoms with van der Waals surface area (Å²) in [5.74, 6) is 0.145. The van der Waals surface area contributed by atoms with E-state index >= 15 is 0 Å². The van der Waals surface area contributed by atoms with Gasteiger partial charge in [-0.15, -0.1) is 0 Å². The zero-order chi connectivity index (χ0) is 10.6. The first kappa shape index (κ1) is 8.72. The van der Waals surface area contributed by atoms with Crippen molar-refractivity contribution in [1.82, 2.24) is 4.90 Å². The van der Waals surface area contributed by atoms with E-state index in [-0.39, 0.29) is 17.4 Å². The average Bonchev–Trinajstić information content (AvgIpc) is 2.26. The van der Waals surface area contributed by atoms with Crippen LogP contribution in [-0.4, -0.2) is 17.9 Å². The molecule has 2 atom stereocenters. The van der Waals surface area contributed by atoms with E-state index in [1.54, 1.807) is 0 Å². The molecule has 2 heteroatoms. The van der Waals surface area contributed by atoms with Gasteiger partial charge in [-0.1, -0.05) is 36.4 Å². The van der Waals surface area contributed by atoms with Crippen LogP contribution in [0, 0.1) is 0 Å². The summed E-state index contributed by atoms with van der Waals surface area (Å²) in [4.78, 5) is 13.9. The first-order chi connectivity index (χ1) is 7.14. The molecule has 0 saturated carbocycles. The van der Waals surface area contributed by atoms with Crippen LogP contribution in [-0.2, 0) is 10.3 Å². The highest BCUT2D eigenvalue weighted by Gasteiger charge is 2.46. The highest BCUT2D eigenvalue weighted by atomic mass is 16.2. The Balaban J connectivity index is 2.34. The van der Waals surface area contributed by atoms with Gasteiger partial charge in [0.15, 0.2) is 0 Å². The Kier molecular flexibility index (Phi) is 1.46. The van der Waals surface area contributed by atoms with E-state index < -0.39 is 0 Å². The molecule has 0 saturated heterocycles. The first-order valence-electron chi connectivity index (χ1n) is 5.21. The number of benzene rings is 1. The maximum Gasteiger partial charge on any atom is 0.234 e. The molecule has 2 heterocycles. The van der Waals surface area contributed by atoms with Gasteiger partial charge in [-0.3, -0.25) is 4.79 Å². The number of fused-ring (bicyclic) bond motifs is 1. The zero-order valence-electron chi connectivity index (χ0n) is 8.90. The van der Waals surface area contributed by atoms with Gasteiger partial charge in [0.05, 0.1) is 11.5 Å². The zero-order valence-corrected chi connectivity index (χ0v) is 8.90. The number of amides is 1. The summed E-state index contributed by atoms with van der Waals surface area (Å²) in [5, 5.41) is 0. The largest absolute Gasteiger partial charge is 0.332 e. The lowest BCUT2D eigenvalue weighted by Gasteiger charge is -2.48. The lowest BCUT2D eigenvalue weighted by Crippen LogP contribution is -2.52. The van der Waals surface area contributed by atoms with Crippen molar-refractivity contribution >= 4 is 5.91 Å². The summed E-state index contributed by atoms with van der Waals surface area (Å²) in [6, 6.07) is 8.22. The van der Waals surface area contributed by atoms with Crippen LogP contribution in [0.1, 0.15) is 24.0 Å². The summed E-state index contributed by atoms with van der Waals surface area (Å²) >= 11 is 0. The van der Waals surface area contributed by atoms with Crippen LogP contribution in [0.15, 0.2) is 36.4 Å². The smallest absolute Gasteiger partial charge is 0.234 e. The standard InChI is InChI=1S/C13H13NO/c1-13-8-7-10(12(15)14(13)2)9-5-3-4-6-11(9)13/h3-8,10H,1-2H3/t10-,13?/m1/s1. The fourth-order valence-corrected chi connectivity index (χ4v) is 2.65. The Morgan fingerprint density at radius 1 is 1.33 bits per heavy atom. The molecule has 0 fully saturated rings. The fourth-order valence-electron chi connectivity index (χ4n) is 2.65. The average molecular weight is 199 g/mol. The molecule has 15 heavy (non-hydrogen) atoms. The van der Waals surface area contributed by atoms with E-state index in [0.29, 0.717) is 0 Å². The van der Waals surface area contributed by atoms with Crippen LogP contribution in [0.4, 0.5) is 0 Å². The minimum absolute atomic E-state index is 0.0620.